The lowest BCUT2D eigenvalue weighted by molar-refractivity contribution is 0.0313. The predicted octanol–water partition coefficient (Wildman–Crippen LogP) is 3.39. The van der Waals surface area contributed by atoms with Crippen molar-refractivity contribution >= 4 is 10.1 Å². The van der Waals surface area contributed by atoms with Crippen molar-refractivity contribution in [1.82, 2.24) is 0 Å². The summed E-state index contributed by atoms with van der Waals surface area (Å²) in [7, 11) is -3.21. The molecule has 1 atom stereocenters. The summed E-state index contributed by atoms with van der Waals surface area (Å²) in [6.07, 6.45) is 11.6. The Morgan fingerprint density at radius 1 is 0.950 bits per heavy atom. The van der Waals surface area contributed by atoms with Crippen LogP contribution in [0.5, 0.6) is 0 Å². The number of aliphatic hydroxyl groups excluding tert-OH is 1. The second-order valence-corrected chi connectivity index (χ2v) is 7.59. The summed E-state index contributed by atoms with van der Waals surface area (Å²) in [5, 5.41) is 8.69. The van der Waals surface area contributed by atoms with Gasteiger partial charge < -0.3 is 5.11 Å². The first-order valence-corrected chi connectivity index (χ1v) is 9.65. The van der Waals surface area contributed by atoms with E-state index in [0.29, 0.717) is 0 Å². The average molecular weight is 306 g/mol. The maximum Gasteiger partial charge on any atom is 0.270 e. The van der Waals surface area contributed by atoms with E-state index < -0.39 is 10.1 Å². The van der Waals surface area contributed by atoms with Crippen molar-refractivity contribution in [2.24, 2.45) is 0 Å². The summed E-state index contributed by atoms with van der Waals surface area (Å²) >= 11 is 0. The van der Waals surface area contributed by atoms with Crippen molar-refractivity contribution in [2.75, 3.05) is 12.4 Å². The van der Waals surface area contributed by atoms with Gasteiger partial charge in [0.25, 0.3) is 10.1 Å². The molecule has 1 aliphatic rings. The van der Waals surface area contributed by atoms with Crippen LogP contribution in [0.1, 0.15) is 77.6 Å². The minimum absolute atomic E-state index is 0.216. The second-order valence-electron chi connectivity index (χ2n) is 6.02. The molecule has 0 saturated carbocycles. The molecule has 0 aromatic heterocycles. The summed E-state index contributed by atoms with van der Waals surface area (Å²) in [4.78, 5) is 0. The van der Waals surface area contributed by atoms with E-state index in [1.807, 2.05) is 0 Å². The standard InChI is InChI=1S/C15H30O4S/c1-2-3-8-11-15(14-20(17,18)19-15)12-9-6-4-5-7-10-13-16/h16H,2-14H2,1H3. The molecule has 0 aromatic rings. The van der Waals surface area contributed by atoms with E-state index in [0.717, 1.165) is 70.6 Å². The van der Waals surface area contributed by atoms with E-state index in [4.69, 9.17) is 9.29 Å². The topological polar surface area (TPSA) is 63.6 Å². The molecule has 1 unspecified atom stereocenters. The first-order chi connectivity index (χ1) is 9.54. The maximum absolute atomic E-state index is 11.3. The number of rotatable bonds is 12. The van der Waals surface area contributed by atoms with Gasteiger partial charge in [0, 0.05) is 6.61 Å². The Balaban J connectivity index is 2.18. The fourth-order valence-electron chi connectivity index (χ4n) is 2.90. The van der Waals surface area contributed by atoms with Crippen LogP contribution in [0.15, 0.2) is 0 Å². The molecule has 1 saturated heterocycles. The van der Waals surface area contributed by atoms with E-state index in [1.165, 1.54) is 0 Å². The fourth-order valence-corrected chi connectivity index (χ4v) is 4.53. The van der Waals surface area contributed by atoms with Crippen LogP contribution in [0.4, 0.5) is 0 Å². The van der Waals surface area contributed by atoms with Crippen molar-refractivity contribution < 1.29 is 17.7 Å². The highest BCUT2D eigenvalue weighted by atomic mass is 32.2. The Morgan fingerprint density at radius 3 is 1.95 bits per heavy atom. The van der Waals surface area contributed by atoms with Gasteiger partial charge in [0.2, 0.25) is 0 Å². The number of hydrogen-bond donors (Lipinski definition) is 1. The molecule has 1 heterocycles. The van der Waals surface area contributed by atoms with Gasteiger partial charge in [0.15, 0.2) is 0 Å². The van der Waals surface area contributed by atoms with Gasteiger partial charge in [-0.2, -0.15) is 8.42 Å². The third kappa shape index (κ3) is 6.55. The van der Waals surface area contributed by atoms with Crippen LogP contribution in [-0.2, 0) is 14.3 Å². The van der Waals surface area contributed by atoms with Gasteiger partial charge in [-0.1, -0.05) is 58.3 Å². The average Bonchev–Trinajstić information content (AvgIpc) is 2.36. The van der Waals surface area contributed by atoms with Crippen molar-refractivity contribution in [1.29, 1.82) is 0 Å². The molecule has 1 fully saturated rings. The summed E-state index contributed by atoms with van der Waals surface area (Å²) in [6, 6.07) is 0. The Bertz CT molecular complexity index is 339. The van der Waals surface area contributed by atoms with E-state index in [1.54, 1.807) is 0 Å². The summed E-state index contributed by atoms with van der Waals surface area (Å²) in [6.45, 7) is 2.43. The van der Waals surface area contributed by atoms with Crippen molar-refractivity contribution in [3.63, 3.8) is 0 Å². The zero-order valence-electron chi connectivity index (χ0n) is 12.8. The Kier molecular flexibility index (Phi) is 8.07. The van der Waals surface area contributed by atoms with E-state index in [2.05, 4.69) is 6.92 Å². The van der Waals surface area contributed by atoms with Crippen LogP contribution in [0.2, 0.25) is 0 Å². The quantitative estimate of drug-likeness (QED) is 0.443. The SMILES string of the molecule is CCCCCC1(CCCCCCCCO)CS(=O)(=O)O1. The molecule has 0 aliphatic carbocycles. The molecule has 0 spiro atoms. The Labute approximate surface area is 124 Å². The number of hydrogen-bond acceptors (Lipinski definition) is 4. The van der Waals surface area contributed by atoms with Crippen LogP contribution < -0.4 is 0 Å². The molecule has 1 rings (SSSR count). The van der Waals surface area contributed by atoms with Crippen LogP contribution >= 0.6 is 0 Å². The van der Waals surface area contributed by atoms with Gasteiger partial charge in [-0.3, -0.25) is 4.18 Å². The molecule has 0 aromatic carbocycles. The molecule has 5 heteroatoms. The second kappa shape index (κ2) is 9.00. The highest BCUT2D eigenvalue weighted by molar-refractivity contribution is 7.88. The van der Waals surface area contributed by atoms with Gasteiger partial charge in [-0.15, -0.1) is 0 Å². The molecule has 4 nitrogen and oxygen atoms in total. The molecule has 20 heavy (non-hydrogen) atoms. The lowest BCUT2D eigenvalue weighted by Crippen LogP contribution is -2.52. The molecular weight excluding hydrogens is 276 g/mol. The van der Waals surface area contributed by atoms with Gasteiger partial charge >= 0.3 is 0 Å². The molecule has 120 valence electrons. The first-order valence-electron chi connectivity index (χ1n) is 8.08. The molecular formula is C15H30O4S. The highest BCUT2D eigenvalue weighted by Gasteiger charge is 2.48. The Morgan fingerprint density at radius 2 is 1.45 bits per heavy atom. The Hall–Kier alpha value is -0.130. The van der Waals surface area contributed by atoms with Crippen LogP contribution in [0.25, 0.3) is 0 Å². The van der Waals surface area contributed by atoms with Gasteiger partial charge in [0.05, 0.1) is 0 Å². The zero-order chi connectivity index (χ0) is 14.9. The van der Waals surface area contributed by atoms with Gasteiger partial charge in [-0.25, -0.2) is 0 Å². The number of unbranched alkanes of at least 4 members (excludes halogenated alkanes) is 7. The third-order valence-electron chi connectivity index (χ3n) is 4.02. The van der Waals surface area contributed by atoms with E-state index in [9.17, 15) is 8.42 Å². The molecule has 0 bridgehead atoms. The van der Waals surface area contributed by atoms with Gasteiger partial charge in [0.1, 0.15) is 11.4 Å². The molecule has 0 amide bonds. The number of aliphatic hydroxyl groups is 1. The zero-order valence-corrected chi connectivity index (χ0v) is 13.6. The molecule has 0 radical (unpaired) electrons. The summed E-state index contributed by atoms with van der Waals surface area (Å²) < 4.78 is 27.8. The lowest BCUT2D eigenvalue weighted by atomic mass is 9.91. The summed E-state index contributed by atoms with van der Waals surface area (Å²) in [5.41, 5.74) is -0.376. The monoisotopic (exact) mass is 306 g/mol. The predicted molar refractivity (Wildman–Crippen MR) is 81.1 cm³/mol. The van der Waals surface area contributed by atoms with Crippen molar-refractivity contribution in [3.05, 3.63) is 0 Å². The fraction of sp³-hybridized carbons (Fsp3) is 1.00. The minimum atomic E-state index is -3.21. The van der Waals surface area contributed by atoms with E-state index in [-0.39, 0.29) is 18.0 Å². The van der Waals surface area contributed by atoms with E-state index >= 15 is 0 Å². The molecule has 1 N–H and O–H groups in total. The van der Waals surface area contributed by atoms with Crippen molar-refractivity contribution in [3.8, 4) is 0 Å². The molecule has 1 aliphatic heterocycles. The van der Waals surface area contributed by atoms with Crippen LogP contribution in [0.3, 0.4) is 0 Å². The third-order valence-corrected chi connectivity index (χ3v) is 5.51. The van der Waals surface area contributed by atoms with Crippen LogP contribution in [-0.4, -0.2) is 31.5 Å². The lowest BCUT2D eigenvalue weighted by Gasteiger charge is -2.40. The normalized spacial score (nSPS) is 24.5. The first kappa shape index (κ1) is 17.9. The highest BCUT2D eigenvalue weighted by Crippen LogP contribution is 2.38. The minimum Gasteiger partial charge on any atom is -0.396 e. The van der Waals surface area contributed by atoms with Crippen molar-refractivity contribution in [2.45, 2.75) is 83.2 Å². The van der Waals surface area contributed by atoms with Crippen LogP contribution in [0, 0.1) is 0 Å². The smallest absolute Gasteiger partial charge is 0.270 e. The summed E-state index contributed by atoms with van der Waals surface area (Å²) in [5.74, 6) is 0.216. The largest absolute Gasteiger partial charge is 0.396 e. The van der Waals surface area contributed by atoms with Gasteiger partial charge in [-0.05, 0) is 19.3 Å². The maximum atomic E-state index is 11.3.